The van der Waals surface area contributed by atoms with Gasteiger partial charge in [0.25, 0.3) is 5.56 Å². The van der Waals surface area contributed by atoms with E-state index in [1.807, 2.05) is 6.07 Å². The van der Waals surface area contributed by atoms with Gasteiger partial charge in [-0.3, -0.25) is 9.59 Å². The van der Waals surface area contributed by atoms with Crippen molar-refractivity contribution < 1.29 is 13.6 Å². The highest BCUT2D eigenvalue weighted by molar-refractivity contribution is 6.31. The zero-order chi connectivity index (χ0) is 20.1. The van der Waals surface area contributed by atoms with E-state index in [1.165, 1.54) is 29.0 Å². The third kappa shape index (κ3) is 4.72. The molecule has 7 heteroatoms. The lowest BCUT2D eigenvalue weighted by atomic mass is 10.2. The number of benzene rings is 2. The minimum atomic E-state index is -0.766. The smallest absolute Gasteiger partial charge is 0.250 e. The third-order valence-electron chi connectivity index (χ3n) is 3.95. The van der Waals surface area contributed by atoms with E-state index in [0.717, 1.165) is 29.8 Å². The van der Waals surface area contributed by atoms with Crippen molar-refractivity contribution in [3.63, 3.8) is 0 Å². The number of carbonyl (C=O) groups is 1. The second kappa shape index (κ2) is 8.63. The molecule has 1 heterocycles. The number of hydrogen-bond donors (Lipinski definition) is 1. The van der Waals surface area contributed by atoms with Gasteiger partial charge in [-0.05, 0) is 35.9 Å². The van der Waals surface area contributed by atoms with Crippen LogP contribution in [0.5, 0.6) is 0 Å². The summed E-state index contributed by atoms with van der Waals surface area (Å²) in [4.78, 5) is 24.1. The lowest BCUT2D eigenvalue weighted by Gasteiger charge is -2.10. The number of nitrogens with one attached hydrogen (secondary N) is 1. The molecule has 0 saturated carbocycles. The molecule has 28 heavy (non-hydrogen) atoms. The van der Waals surface area contributed by atoms with Gasteiger partial charge in [0, 0.05) is 28.9 Å². The molecule has 0 aliphatic carbocycles. The predicted octanol–water partition coefficient (Wildman–Crippen LogP) is 4.48. The van der Waals surface area contributed by atoms with Crippen LogP contribution < -0.4 is 10.9 Å². The molecular weight excluding hydrogens is 386 g/mol. The molecule has 3 rings (SSSR count). The Morgan fingerprint density at radius 2 is 1.75 bits per heavy atom. The van der Waals surface area contributed by atoms with Gasteiger partial charge in [0.2, 0.25) is 5.91 Å². The molecule has 0 saturated heterocycles. The fourth-order valence-electron chi connectivity index (χ4n) is 2.55. The van der Waals surface area contributed by atoms with Crippen molar-refractivity contribution in [1.29, 1.82) is 0 Å². The highest BCUT2D eigenvalue weighted by Crippen LogP contribution is 2.17. The lowest BCUT2D eigenvalue weighted by Crippen LogP contribution is -2.20. The molecule has 1 N–H and O–H groups in total. The number of halogens is 3. The highest BCUT2D eigenvalue weighted by atomic mass is 35.5. The van der Waals surface area contributed by atoms with E-state index in [-0.39, 0.29) is 17.7 Å². The van der Waals surface area contributed by atoms with Gasteiger partial charge in [-0.1, -0.05) is 35.9 Å². The van der Waals surface area contributed by atoms with Gasteiger partial charge in [0.1, 0.15) is 11.6 Å². The topological polar surface area (TPSA) is 51.1 Å². The van der Waals surface area contributed by atoms with Gasteiger partial charge in [0.05, 0.1) is 12.2 Å². The largest absolute Gasteiger partial charge is 0.321 e. The van der Waals surface area contributed by atoms with Crippen LogP contribution >= 0.6 is 11.6 Å². The third-order valence-corrected chi connectivity index (χ3v) is 4.32. The first-order chi connectivity index (χ1) is 13.4. The molecule has 0 aliphatic heterocycles. The van der Waals surface area contributed by atoms with Crippen molar-refractivity contribution in [3.8, 4) is 0 Å². The minimum Gasteiger partial charge on any atom is -0.321 e. The van der Waals surface area contributed by atoms with Crippen LogP contribution in [0.15, 0.2) is 71.7 Å². The van der Waals surface area contributed by atoms with Crippen molar-refractivity contribution in [2.24, 2.45) is 0 Å². The number of carbonyl (C=O) groups excluding carboxylic acids is 1. The number of aromatic nitrogens is 1. The Morgan fingerprint density at radius 3 is 2.46 bits per heavy atom. The Balaban J connectivity index is 1.76. The number of rotatable bonds is 5. The molecule has 0 atom stereocenters. The van der Waals surface area contributed by atoms with Crippen LogP contribution in [0.1, 0.15) is 11.1 Å². The van der Waals surface area contributed by atoms with Gasteiger partial charge in [0.15, 0.2) is 0 Å². The Hall–Kier alpha value is -3.25. The monoisotopic (exact) mass is 400 g/mol. The summed E-state index contributed by atoms with van der Waals surface area (Å²) in [6, 6.07) is 13.3. The van der Waals surface area contributed by atoms with Crippen LogP contribution in [0, 0.1) is 11.6 Å². The predicted molar refractivity (Wildman–Crippen MR) is 105 cm³/mol. The normalized spacial score (nSPS) is 11.0. The highest BCUT2D eigenvalue weighted by Gasteiger charge is 2.07. The Morgan fingerprint density at radius 1 is 1.04 bits per heavy atom. The van der Waals surface area contributed by atoms with Gasteiger partial charge < -0.3 is 9.88 Å². The number of hydrogen-bond acceptors (Lipinski definition) is 2. The van der Waals surface area contributed by atoms with E-state index in [4.69, 9.17) is 11.6 Å². The van der Waals surface area contributed by atoms with Crippen LogP contribution in [0.4, 0.5) is 14.5 Å². The summed E-state index contributed by atoms with van der Waals surface area (Å²) in [5.74, 6) is -2.12. The molecule has 3 aromatic rings. The van der Waals surface area contributed by atoms with Gasteiger partial charge in [-0.25, -0.2) is 8.78 Å². The van der Waals surface area contributed by atoms with Crippen LogP contribution in [0.25, 0.3) is 6.08 Å². The molecule has 0 fully saturated rings. The van der Waals surface area contributed by atoms with Crippen molar-refractivity contribution >= 4 is 29.3 Å². The zero-order valence-corrected chi connectivity index (χ0v) is 15.3. The van der Waals surface area contributed by atoms with Crippen molar-refractivity contribution in [2.75, 3.05) is 5.32 Å². The zero-order valence-electron chi connectivity index (χ0n) is 14.5. The second-order valence-corrected chi connectivity index (χ2v) is 6.34. The SMILES string of the molecule is O=C(C=Cc1c(F)cccc1F)Nc1ccc(=O)n(Cc2ccccc2Cl)c1. The molecule has 1 amide bonds. The number of pyridine rings is 1. The molecule has 142 valence electrons. The summed E-state index contributed by atoms with van der Waals surface area (Å²) in [6.45, 7) is 0.235. The maximum Gasteiger partial charge on any atom is 0.250 e. The van der Waals surface area contributed by atoms with Crippen LogP contribution in [-0.4, -0.2) is 10.5 Å². The van der Waals surface area contributed by atoms with E-state index in [0.29, 0.717) is 10.7 Å². The standard InChI is InChI=1S/C21H15ClF2N2O2/c22-17-5-2-1-4-14(17)12-26-13-15(8-11-21(26)28)25-20(27)10-9-16-18(23)6-3-7-19(16)24/h1-11,13H,12H2,(H,25,27). The molecular formula is C21H15ClF2N2O2. The van der Waals surface area contributed by atoms with Crippen LogP contribution in [0.2, 0.25) is 5.02 Å². The minimum absolute atomic E-state index is 0.235. The Bertz CT molecular complexity index is 1090. The Kier molecular flexibility index (Phi) is 6.01. The summed E-state index contributed by atoms with van der Waals surface area (Å²) in [6.07, 6.45) is 3.55. The van der Waals surface area contributed by atoms with Gasteiger partial charge in [-0.15, -0.1) is 0 Å². The maximum atomic E-state index is 13.6. The number of amides is 1. The number of nitrogens with zero attached hydrogens (tertiary/aromatic N) is 1. The van der Waals surface area contributed by atoms with E-state index >= 15 is 0 Å². The van der Waals surface area contributed by atoms with Crippen molar-refractivity contribution in [1.82, 2.24) is 4.57 Å². The van der Waals surface area contributed by atoms with Crippen LogP contribution in [-0.2, 0) is 11.3 Å². The Labute approximate surface area is 164 Å². The summed E-state index contributed by atoms with van der Waals surface area (Å²) in [5.41, 5.74) is 0.545. The molecule has 0 bridgehead atoms. The summed E-state index contributed by atoms with van der Waals surface area (Å²) >= 11 is 6.12. The molecule has 0 spiro atoms. The van der Waals surface area contributed by atoms with Gasteiger partial charge >= 0.3 is 0 Å². The van der Waals surface area contributed by atoms with E-state index in [1.54, 1.807) is 18.2 Å². The first kappa shape index (κ1) is 19.5. The van der Waals surface area contributed by atoms with Crippen molar-refractivity contribution in [3.05, 3.63) is 105 Å². The molecule has 4 nitrogen and oxygen atoms in total. The summed E-state index contributed by atoms with van der Waals surface area (Å²) in [5, 5.41) is 3.08. The van der Waals surface area contributed by atoms with Gasteiger partial charge in [-0.2, -0.15) is 0 Å². The average molecular weight is 401 g/mol. The first-order valence-corrected chi connectivity index (χ1v) is 8.69. The lowest BCUT2D eigenvalue weighted by molar-refractivity contribution is -0.111. The number of anilines is 1. The molecule has 2 aromatic carbocycles. The van der Waals surface area contributed by atoms with E-state index in [9.17, 15) is 18.4 Å². The summed E-state index contributed by atoms with van der Waals surface area (Å²) in [7, 11) is 0. The molecule has 0 unspecified atom stereocenters. The summed E-state index contributed by atoms with van der Waals surface area (Å²) < 4.78 is 28.6. The fourth-order valence-corrected chi connectivity index (χ4v) is 2.75. The van der Waals surface area contributed by atoms with E-state index in [2.05, 4.69) is 5.32 Å². The average Bonchev–Trinajstić information content (AvgIpc) is 2.66. The molecule has 0 aliphatic rings. The van der Waals surface area contributed by atoms with Crippen molar-refractivity contribution in [2.45, 2.75) is 6.54 Å². The van der Waals surface area contributed by atoms with E-state index < -0.39 is 17.5 Å². The first-order valence-electron chi connectivity index (χ1n) is 8.31. The van der Waals surface area contributed by atoms with Crippen LogP contribution in [0.3, 0.4) is 0 Å². The molecule has 1 aromatic heterocycles. The maximum absolute atomic E-state index is 13.6. The second-order valence-electron chi connectivity index (χ2n) is 5.93. The fraction of sp³-hybridized carbons (Fsp3) is 0.0476. The molecule has 0 radical (unpaired) electrons. The quantitative estimate of drug-likeness (QED) is 0.642.